The lowest BCUT2D eigenvalue weighted by molar-refractivity contribution is 0.279. The van der Waals surface area contributed by atoms with Crippen LogP contribution in [0.4, 0.5) is 0 Å². The molecule has 2 rings (SSSR count). The van der Waals surface area contributed by atoms with E-state index in [-0.39, 0.29) is 6.61 Å². The van der Waals surface area contributed by atoms with E-state index in [0.29, 0.717) is 0 Å². The number of likely N-dealkylation sites (N-methyl/N-ethyl adjacent to an activating group) is 1. The SMILES string of the molecule is Cc1cc2c(cc1CO)CCN(C)C2. The summed E-state index contributed by atoms with van der Waals surface area (Å²) in [7, 11) is 2.15. The van der Waals surface area contributed by atoms with Gasteiger partial charge in [0.1, 0.15) is 0 Å². The van der Waals surface area contributed by atoms with Gasteiger partial charge in [-0.15, -0.1) is 0 Å². The Morgan fingerprint density at radius 2 is 2.14 bits per heavy atom. The Morgan fingerprint density at radius 1 is 1.36 bits per heavy atom. The number of fused-ring (bicyclic) bond motifs is 1. The van der Waals surface area contributed by atoms with Gasteiger partial charge in [0.2, 0.25) is 0 Å². The maximum Gasteiger partial charge on any atom is 0.0684 e. The average molecular weight is 191 g/mol. The summed E-state index contributed by atoms with van der Waals surface area (Å²) in [5.41, 5.74) is 5.13. The normalized spacial score (nSPS) is 16.8. The molecule has 0 aromatic heterocycles. The highest BCUT2D eigenvalue weighted by molar-refractivity contribution is 5.38. The van der Waals surface area contributed by atoms with E-state index >= 15 is 0 Å². The second-order valence-electron chi connectivity index (χ2n) is 4.19. The van der Waals surface area contributed by atoms with Gasteiger partial charge in [0.25, 0.3) is 0 Å². The van der Waals surface area contributed by atoms with Gasteiger partial charge in [-0.1, -0.05) is 12.1 Å². The monoisotopic (exact) mass is 191 g/mol. The smallest absolute Gasteiger partial charge is 0.0684 e. The minimum absolute atomic E-state index is 0.162. The summed E-state index contributed by atoms with van der Waals surface area (Å²) in [4.78, 5) is 2.33. The summed E-state index contributed by atoms with van der Waals surface area (Å²) < 4.78 is 0. The van der Waals surface area contributed by atoms with Crippen LogP contribution >= 0.6 is 0 Å². The van der Waals surface area contributed by atoms with E-state index in [4.69, 9.17) is 5.11 Å². The first-order chi connectivity index (χ1) is 6.70. The van der Waals surface area contributed by atoms with E-state index in [1.807, 2.05) is 0 Å². The zero-order valence-corrected chi connectivity index (χ0v) is 8.88. The average Bonchev–Trinajstić information content (AvgIpc) is 2.16. The molecule has 0 spiro atoms. The molecule has 0 saturated carbocycles. The van der Waals surface area contributed by atoms with Gasteiger partial charge < -0.3 is 10.0 Å². The van der Waals surface area contributed by atoms with E-state index in [1.165, 1.54) is 16.7 Å². The predicted molar refractivity (Wildman–Crippen MR) is 57.1 cm³/mol. The summed E-state index contributed by atoms with van der Waals surface area (Å²) in [5, 5.41) is 9.16. The topological polar surface area (TPSA) is 23.5 Å². The summed E-state index contributed by atoms with van der Waals surface area (Å²) in [6, 6.07) is 4.38. The van der Waals surface area contributed by atoms with E-state index in [9.17, 15) is 0 Å². The van der Waals surface area contributed by atoms with Crippen molar-refractivity contribution in [2.75, 3.05) is 13.6 Å². The number of benzene rings is 1. The highest BCUT2D eigenvalue weighted by atomic mass is 16.3. The van der Waals surface area contributed by atoms with Crippen LogP contribution in [0.1, 0.15) is 22.3 Å². The fourth-order valence-corrected chi connectivity index (χ4v) is 2.10. The molecule has 0 saturated heterocycles. The van der Waals surface area contributed by atoms with Gasteiger partial charge in [-0.3, -0.25) is 0 Å². The quantitative estimate of drug-likeness (QED) is 0.726. The first kappa shape index (κ1) is 9.69. The number of aryl methyl sites for hydroxylation is 1. The number of aliphatic hydroxyl groups excluding tert-OH is 1. The lowest BCUT2D eigenvalue weighted by Crippen LogP contribution is -2.26. The highest BCUT2D eigenvalue weighted by Crippen LogP contribution is 2.22. The number of hydrogen-bond acceptors (Lipinski definition) is 2. The summed E-state index contributed by atoms with van der Waals surface area (Å²) in [5.74, 6) is 0. The third-order valence-corrected chi connectivity index (χ3v) is 3.03. The van der Waals surface area contributed by atoms with Crippen LogP contribution in [0, 0.1) is 6.92 Å². The number of rotatable bonds is 1. The van der Waals surface area contributed by atoms with Crippen LogP contribution in [-0.2, 0) is 19.6 Å². The van der Waals surface area contributed by atoms with Gasteiger partial charge in [0.05, 0.1) is 6.61 Å². The molecule has 0 unspecified atom stereocenters. The van der Waals surface area contributed by atoms with Crippen LogP contribution < -0.4 is 0 Å². The molecule has 0 aliphatic carbocycles. The number of hydrogen-bond donors (Lipinski definition) is 1. The van der Waals surface area contributed by atoms with Crippen molar-refractivity contribution < 1.29 is 5.11 Å². The van der Waals surface area contributed by atoms with Crippen LogP contribution in [-0.4, -0.2) is 23.6 Å². The van der Waals surface area contributed by atoms with Crippen molar-refractivity contribution in [3.63, 3.8) is 0 Å². The van der Waals surface area contributed by atoms with Gasteiger partial charge in [-0.25, -0.2) is 0 Å². The molecular formula is C12H17NO. The van der Waals surface area contributed by atoms with Gasteiger partial charge in [-0.2, -0.15) is 0 Å². The van der Waals surface area contributed by atoms with E-state index in [1.54, 1.807) is 0 Å². The zero-order chi connectivity index (χ0) is 10.1. The minimum atomic E-state index is 0.162. The first-order valence-electron chi connectivity index (χ1n) is 5.11. The molecule has 1 aliphatic rings. The van der Waals surface area contributed by atoms with Gasteiger partial charge in [0.15, 0.2) is 0 Å². The summed E-state index contributed by atoms with van der Waals surface area (Å²) in [6.45, 7) is 4.40. The third-order valence-electron chi connectivity index (χ3n) is 3.03. The Labute approximate surface area is 85.2 Å². The second kappa shape index (κ2) is 3.71. The Bertz CT molecular complexity index is 346. The van der Waals surface area contributed by atoms with E-state index < -0.39 is 0 Å². The molecule has 1 aromatic rings. The maximum atomic E-state index is 9.16. The molecule has 0 atom stereocenters. The highest BCUT2D eigenvalue weighted by Gasteiger charge is 2.14. The predicted octanol–water partition coefficient (Wildman–Crippen LogP) is 1.48. The fraction of sp³-hybridized carbons (Fsp3) is 0.500. The Kier molecular flexibility index (Phi) is 2.57. The molecule has 0 bridgehead atoms. The minimum Gasteiger partial charge on any atom is -0.392 e. The third kappa shape index (κ3) is 1.68. The first-order valence-corrected chi connectivity index (χ1v) is 5.11. The van der Waals surface area contributed by atoms with Crippen LogP contribution in [0.5, 0.6) is 0 Å². The standard InChI is InChI=1S/C12H17NO/c1-9-5-11-7-13(2)4-3-10(11)6-12(9)8-14/h5-6,14H,3-4,7-8H2,1-2H3. The van der Waals surface area contributed by atoms with Gasteiger partial charge >= 0.3 is 0 Å². The molecule has 1 N–H and O–H groups in total. The largest absolute Gasteiger partial charge is 0.392 e. The van der Waals surface area contributed by atoms with Crippen molar-refractivity contribution in [3.8, 4) is 0 Å². The van der Waals surface area contributed by atoms with E-state index in [2.05, 4.69) is 31.0 Å². The van der Waals surface area contributed by atoms with Gasteiger partial charge in [-0.05, 0) is 42.6 Å². The molecule has 76 valence electrons. The molecule has 14 heavy (non-hydrogen) atoms. The van der Waals surface area contributed by atoms with Crippen LogP contribution in [0.2, 0.25) is 0 Å². The van der Waals surface area contributed by atoms with Crippen molar-refractivity contribution in [2.45, 2.75) is 26.5 Å². The Balaban J connectivity index is 2.40. The van der Waals surface area contributed by atoms with Crippen molar-refractivity contribution in [2.24, 2.45) is 0 Å². The maximum absolute atomic E-state index is 9.16. The summed E-state index contributed by atoms with van der Waals surface area (Å²) in [6.07, 6.45) is 1.11. The van der Waals surface area contributed by atoms with Crippen LogP contribution in [0.15, 0.2) is 12.1 Å². The molecule has 0 fully saturated rings. The van der Waals surface area contributed by atoms with Crippen molar-refractivity contribution in [1.82, 2.24) is 4.90 Å². The molecule has 2 nitrogen and oxygen atoms in total. The van der Waals surface area contributed by atoms with Gasteiger partial charge in [0, 0.05) is 13.1 Å². The Hall–Kier alpha value is -0.860. The molecule has 0 amide bonds. The van der Waals surface area contributed by atoms with Crippen LogP contribution in [0.3, 0.4) is 0 Å². The zero-order valence-electron chi connectivity index (χ0n) is 8.88. The molecule has 0 radical (unpaired) electrons. The molecule has 1 aliphatic heterocycles. The fourth-order valence-electron chi connectivity index (χ4n) is 2.10. The lowest BCUT2D eigenvalue weighted by atomic mass is 9.94. The van der Waals surface area contributed by atoms with E-state index in [0.717, 1.165) is 25.1 Å². The van der Waals surface area contributed by atoms with Crippen molar-refractivity contribution >= 4 is 0 Å². The Morgan fingerprint density at radius 3 is 2.86 bits per heavy atom. The van der Waals surface area contributed by atoms with Crippen molar-refractivity contribution in [3.05, 3.63) is 34.4 Å². The lowest BCUT2D eigenvalue weighted by Gasteiger charge is -2.26. The molecule has 1 heterocycles. The number of nitrogens with zero attached hydrogens (tertiary/aromatic N) is 1. The summed E-state index contributed by atoms with van der Waals surface area (Å²) >= 11 is 0. The molecule has 2 heteroatoms. The van der Waals surface area contributed by atoms with Crippen molar-refractivity contribution in [1.29, 1.82) is 0 Å². The molecular weight excluding hydrogens is 174 g/mol. The van der Waals surface area contributed by atoms with Crippen LogP contribution in [0.25, 0.3) is 0 Å². The second-order valence-corrected chi connectivity index (χ2v) is 4.19. The number of aliphatic hydroxyl groups is 1. The molecule has 1 aromatic carbocycles.